The lowest BCUT2D eigenvalue weighted by atomic mass is 9.44. The van der Waals surface area contributed by atoms with Crippen LogP contribution in [0.15, 0.2) is 5.18 Å². The van der Waals surface area contributed by atoms with E-state index in [4.69, 9.17) is 0 Å². The third-order valence-electron chi connectivity index (χ3n) is 11.0. The van der Waals surface area contributed by atoms with Crippen molar-refractivity contribution in [3.63, 3.8) is 0 Å². The first-order valence-electron chi connectivity index (χ1n) is 13.1. The van der Waals surface area contributed by atoms with Crippen LogP contribution in [-0.4, -0.2) is 6.04 Å². The average Bonchev–Trinajstić information content (AvgIpc) is 3.04. The smallest absolute Gasteiger partial charge is 0.0922 e. The average molecular weight is 402 g/mol. The van der Waals surface area contributed by atoms with Crippen LogP contribution in [0.1, 0.15) is 112 Å². The molecule has 2 unspecified atom stereocenters. The lowest BCUT2D eigenvalue weighted by Gasteiger charge is -2.61. The Labute approximate surface area is 180 Å². The Hall–Kier alpha value is -0.400. The first-order chi connectivity index (χ1) is 13.8. The molecule has 0 saturated heterocycles. The molecular formula is C27H47NO. The molecule has 4 aliphatic rings. The molecule has 4 fully saturated rings. The van der Waals surface area contributed by atoms with E-state index in [1.807, 2.05) is 0 Å². The topological polar surface area (TPSA) is 29.4 Å². The van der Waals surface area contributed by atoms with Gasteiger partial charge in [0.25, 0.3) is 0 Å². The Kier molecular flexibility index (Phi) is 6.22. The minimum atomic E-state index is 0.112. The van der Waals surface area contributed by atoms with Gasteiger partial charge in [-0.2, -0.15) is 4.91 Å². The van der Waals surface area contributed by atoms with Gasteiger partial charge in [-0.1, -0.05) is 59.1 Å². The maximum atomic E-state index is 11.2. The molecule has 4 rings (SSSR count). The van der Waals surface area contributed by atoms with Crippen LogP contribution in [0.4, 0.5) is 0 Å². The molecule has 0 spiro atoms. The van der Waals surface area contributed by atoms with Crippen molar-refractivity contribution in [1.29, 1.82) is 0 Å². The highest BCUT2D eigenvalue weighted by molar-refractivity contribution is 5.10. The molecule has 2 nitrogen and oxygen atoms in total. The number of fused-ring (bicyclic) bond motifs is 5. The van der Waals surface area contributed by atoms with E-state index >= 15 is 0 Å². The molecule has 0 radical (unpaired) electrons. The van der Waals surface area contributed by atoms with Gasteiger partial charge in [-0.25, -0.2) is 0 Å². The zero-order valence-corrected chi connectivity index (χ0v) is 20.0. The molecule has 9 atom stereocenters. The number of nitrogens with zero attached hydrogens (tertiary/aromatic N) is 1. The summed E-state index contributed by atoms with van der Waals surface area (Å²) < 4.78 is 0. The lowest BCUT2D eigenvalue weighted by Crippen LogP contribution is -2.54. The summed E-state index contributed by atoms with van der Waals surface area (Å²) in [5.74, 6) is 6.33. The van der Waals surface area contributed by atoms with Crippen molar-refractivity contribution in [2.75, 3.05) is 0 Å². The molecule has 2 heteroatoms. The molecule has 166 valence electrons. The van der Waals surface area contributed by atoms with Gasteiger partial charge < -0.3 is 0 Å². The molecule has 0 aromatic rings. The van der Waals surface area contributed by atoms with E-state index in [0.717, 1.165) is 54.3 Å². The van der Waals surface area contributed by atoms with E-state index < -0.39 is 0 Å². The van der Waals surface area contributed by atoms with Gasteiger partial charge in [-0.05, 0) is 110 Å². The van der Waals surface area contributed by atoms with Crippen molar-refractivity contribution >= 4 is 0 Å². The van der Waals surface area contributed by atoms with Crippen LogP contribution < -0.4 is 0 Å². The minimum absolute atomic E-state index is 0.112. The van der Waals surface area contributed by atoms with E-state index in [-0.39, 0.29) is 6.04 Å². The van der Waals surface area contributed by atoms with Gasteiger partial charge in [0.05, 0.1) is 6.04 Å². The molecule has 0 aliphatic heterocycles. The Bertz CT molecular complexity index is 587. The van der Waals surface area contributed by atoms with Gasteiger partial charge in [0.15, 0.2) is 0 Å². The Balaban J connectivity index is 1.46. The zero-order chi connectivity index (χ0) is 20.8. The van der Waals surface area contributed by atoms with E-state index in [1.54, 1.807) is 0 Å². The predicted octanol–water partition coefficient (Wildman–Crippen LogP) is 8.24. The third kappa shape index (κ3) is 3.73. The number of hydrogen-bond acceptors (Lipinski definition) is 2. The van der Waals surface area contributed by atoms with Crippen molar-refractivity contribution in [2.45, 2.75) is 118 Å². The Morgan fingerprint density at radius 2 is 1.59 bits per heavy atom. The predicted molar refractivity (Wildman–Crippen MR) is 123 cm³/mol. The number of nitroso groups, excluding NO2 is 1. The summed E-state index contributed by atoms with van der Waals surface area (Å²) >= 11 is 0. The standard InChI is InChI=1S/C27H47NO/c1-18(2)7-6-8-19(3)23-11-12-24-22-10-9-20-17-21(28-29)13-15-26(20,4)25(22)14-16-27(23,24)5/h18-25H,6-17H2,1-5H3/t19-,20?,21?,22+,23-,24+,25+,26+,27-/m1/s1. The Morgan fingerprint density at radius 1 is 0.862 bits per heavy atom. The molecule has 0 heterocycles. The summed E-state index contributed by atoms with van der Waals surface area (Å²) in [6, 6.07) is 0.112. The third-order valence-corrected chi connectivity index (χ3v) is 11.0. The van der Waals surface area contributed by atoms with E-state index in [9.17, 15) is 4.91 Å². The number of hydrogen-bond donors (Lipinski definition) is 0. The molecule has 0 aromatic carbocycles. The van der Waals surface area contributed by atoms with Gasteiger partial charge in [0.1, 0.15) is 0 Å². The fourth-order valence-corrected chi connectivity index (χ4v) is 9.36. The second kappa shape index (κ2) is 8.27. The van der Waals surface area contributed by atoms with Gasteiger partial charge in [0.2, 0.25) is 0 Å². The first kappa shape index (κ1) is 21.8. The molecule has 4 saturated carbocycles. The molecule has 0 bridgehead atoms. The quantitative estimate of drug-likeness (QED) is 0.412. The van der Waals surface area contributed by atoms with E-state index in [2.05, 4.69) is 39.8 Å². The van der Waals surface area contributed by atoms with E-state index in [1.165, 1.54) is 64.2 Å². The van der Waals surface area contributed by atoms with Crippen LogP contribution >= 0.6 is 0 Å². The second-order valence-corrected chi connectivity index (χ2v) is 12.7. The molecule has 4 aliphatic carbocycles. The van der Waals surface area contributed by atoms with Gasteiger partial charge >= 0.3 is 0 Å². The lowest BCUT2D eigenvalue weighted by molar-refractivity contribution is -0.116. The van der Waals surface area contributed by atoms with Crippen LogP contribution in [0.2, 0.25) is 0 Å². The SMILES string of the molecule is CC(C)CCC[C@@H](C)[C@H]1CC[C@H]2[C@@H]3CCC4CC(N=O)CC[C@]4(C)[C@H]3CC[C@]12C. The fraction of sp³-hybridized carbons (Fsp3) is 1.00. The van der Waals surface area contributed by atoms with Crippen LogP contribution in [0.3, 0.4) is 0 Å². The van der Waals surface area contributed by atoms with Crippen molar-refractivity contribution < 1.29 is 0 Å². The zero-order valence-electron chi connectivity index (χ0n) is 20.0. The molecule has 0 N–H and O–H groups in total. The summed E-state index contributed by atoms with van der Waals surface area (Å²) in [5, 5.41) is 3.45. The summed E-state index contributed by atoms with van der Waals surface area (Å²) in [5.41, 5.74) is 1.09. The molecule has 0 aromatic heterocycles. The summed E-state index contributed by atoms with van der Waals surface area (Å²) in [6.07, 6.45) is 16.4. The fourth-order valence-electron chi connectivity index (χ4n) is 9.36. The molecule has 0 amide bonds. The van der Waals surface area contributed by atoms with Crippen molar-refractivity contribution in [2.24, 2.45) is 57.4 Å². The van der Waals surface area contributed by atoms with Crippen LogP contribution in [0.25, 0.3) is 0 Å². The van der Waals surface area contributed by atoms with Crippen molar-refractivity contribution in [3.8, 4) is 0 Å². The minimum Gasteiger partial charge on any atom is -0.151 e. The van der Waals surface area contributed by atoms with Gasteiger partial charge in [-0.15, -0.1) is 0 Å². The summed E-state index contributed by atoms with van der Waals surface area (Å²) in [4.78, 5) is 11.2. The monoisotopic (exact) mass is 401 g/mol. The molecule has 29 heavy (non-hydrogen) atoms. The maximum absolute atomic E-state index is 11.2. The van der Waals surface area contributed by atoms with Crippen molar-refractivity contribution in [3.05, 3.63) is 4.91 Å². The maximum Gasteiger partial charge on any atom is 0.0922 e. The highest BCUT2D eigenvalue weighted by Gasteiger charge is 2.60. The first-order valence-corrected chi connectivity index (χ1v) is 13.1. The molecular weight excluding hydrogens is 354 g/mol. The normalized spacial score (nSPS) is 47.9. The highest BCUT2D eigenvalue weighted by atomic mass is 16.3. The largest absolute Gasteiger partial charge is 0.151 e. The Morgan fingerprint density at radius 3 is 2.31 bits per heavy atom. The summed E-state index contributed by atoms with van der Waals surface area (Å²) in [6.45, 7) is 12.6. The van der Waals surface area contributed by atoms with Gasteiger partial charge in [0, 0.05) is 0 Å². The second-order valence-electron chi connectivity index (χ2n) is 12.7. The summed E-state index contributed by atoms with van der Waals surface area (Å²) in [7, 11) is 0. The van der Waals surface area contributed by atoms with Crippen molar-refractivity contribution in [1.82, 2.24) is 0 Å². The van der Waals surface area contributed by atoms with Crippen LogP contribution in [0.5, 0.6) is 0 Å². The van der Waals surface area contributed by atoms with E-state index in [0.29, 0.717) is 10.8 Å². The van der Waals surface area contributed by atoms with Gasteiger partial charge in [-0.3, -0.25) is 0 Å². The van der Waals surface area contributed by atoms with Crippen LogP contribution in [-0.2, 0) is 0 Å². The highest BCUT2D eigenvalue weighted by Crippen LogP contribution is 2.68. The van der Waals surface area contributed by atoms with Crippen LogP contribution in [0, 0.1) is 57.2 Å². The number of rotatable bonds is 6.